The van der Waals surface area contributed by atoms with Gasteiger partial charge in [-0.3, -0.25) is 4.79 Å². The second-order valence-electron chi connectivity index (χ2n) is 5.07. The van der Waals surface area contributed by atoms with Gasteiger partial charge in [-0.2, -0.15) is 0 Å². The zero-order chi connectivity index (χ0) is 14.3. The molecule has 1 amide bonds. The van der Waals surface area contributed by atoms with Gasteiger partial charge in [0.1, 0.15) is 6.17 Å². The average molecular weight is 287 g/mol. The van der Waals surface area contributed by atoms with E-state index in [-0.39, 0.29) is 12.1 Å². The summed E-state index contributed by atoms with van der Waals surface area (Å²) >= 11 is 6.09. The fraction of sp³-hybridized carbons (Fsp3) is 0.188. The summed E-state index contributed by atoms with van der Waals surface area (Å²) in [6.07, 6.45) is -0.228. The van der Waals surface area contributed by atoms with Gasteiger partial charge in [-0.05, 0) is 37.1 Å². The number of halogens is 1. The number of hydrogen-bond acceptors (Lipinski definition) is 2. The smallest absolute Gasteiger partial charge is 0.256 e. The quantitative estimate of drug-likeness (QED) is 0.837. The van der Waals surface area contributed by atoms with Crippen molar-refractivity contribution in [3.63, 3.8) is 0 Å². The Hall–Kier alpha value is -2.00. The summed E-state index contributed by atoms with van der Waals surface area (Å²) < 4.78 is 0. The molecule has 0 spiro atoms. The number of amides is 1. The van der Waals surface area contributed by atoms with Crippen LogP contribution in [0.4, 0.5) is 5.69 Å². The van der Waals surface area contributed by atoms with E-state index in [1.165, 1.54) is 5.56 Å². The molecule has 0 saturated heterocycles. The lowest BCUT2D eigenvalue weighted by atomic mass is 10.00. The Kier molecular flexibility index (Phi) is 3.14. The molecule has 0 bridgehead atoms. The molecule has 20 heavy (non-hydrogen) atoms. The van der Waals surface area contributed by atoms with Gasteiger partial charge in [-0.15, -0.1) is 0 Å². The standard InChI is InChI=1S/C16H15ClN2O/c1-9-6-7-10(2)11(8-9)15-18-13-5-3-4-12(17)14(13)16(20)19-15/h3-8,15,18H,1-2H3,(H,19,20). The monoisotopic (exact) mass is 286 g/mol. The molecule has 3 rings (SSSR count). The number of hydrogen-bond donors (Lipinski definition) is 2. The molecular formula is C16H15ClN2O. The first-order valence-corrected chi connectivity index (χ1v) is 6.87. The molecule has 1 unspecified atom stereocenters. The summed E-state index contributed by atoms with van der Waals surface area (Å²) in [5.41, 5.74) is 4.66. The SMILES string of the molecule is Cc1ccc(C)c(C2NC(=O)c3c(Cl)cccc3N2)c1. The van der Waals surface area contributed by atoms with E-state index >= 15 is 0 Å². The van der Waals surface area contributed by atoms with Gasteiger partial charge < -0.3 is 10.6 Å². The molecule has 1 aliphatic heterocycles. The van der Waals surface area contributed by atoms with Gasteiger partial charge in [0.2, 0.25) is 0 Å². The number of rotatable bonds is 1. The van der Waals surface area contributed by atoms with Crippen molar-refractivity contribution in [1.29, 1.82) is 0 Å². The van der Waals surface area contributed by atoms with Gasteiger partial charge in [-0.25, -0.2) is 0 Å². The highest BCUT2D eigenvalue weighted by Gasteiger charge is 2.27. The van der Waals surface area contributed by atoms with E-state index in [1.807, 2.05) is 26.0 Å². The fourth-order valence-electron chi connectivity index (χ4n) is 2.50. The van der Waals surface area contributed by atoms with E-state index in [0.29, 0.717) is 10.6 Å². The first-order chi connectivity index (χ1) is 9.56. The van der Waals surface area contributed by atoms with Gasteiger partial charge in [0.15, 0.2) is 0 Å². The normalized spacial score (nSPS) is 17.1. The van der Waals surface area contributed by atoms with Gasteiger partial charge in [0, 0.05) is 0 Å². The summed E-state index contributed by atoms with van der Waals surface area (Å²) in [7, 11) is 0. The molecule has 3 nitrogen and oxygen atoms in total. The second-order valence-corrected chi connectivity index (χ2v) is 5.48. The average Bonchev–Trinajstić information content (AvgIpc) is 2.41. The van der Waals surface area contributed by atoms with Gasteiger partial charge in [-0.1, -0.05) is 41.4 Å². The Balaban J connectivity index is 2.04. The van der Waals surface area contributed by atoms with Crippen molar-refractivity contribution < 1.29 is 4.79 Å². The molecule has 0 aromatic heterocycles. The highest BCUT2D eigenvalue weighted by atomic mass is 35.5. The molecule has 1 aliphatic rings. The lowest BCUT2D eigenvalue weighted by Crippen LogP contribution is -2.39. The van der Waals surface area contributed by atoms with E-state index in [0.717, 1.165) is 16.8 Å². The molecule has 0 fully saturated rings. The first-order valence-electron chi connectivity index (χ1n) is 6.49. The molecule has 2 N–H and O–H groups in total. The van der Waals surface area contributed by atoms with Gasteiger partial charge in [0.25, 0.3) is 5.91 Å². The van der Waals surface area contributed by atoms with Crippen LogP contribution >= 0.6 is 11.6 Å². The molecule has 2 aromatic carbocycles. The van der Waals surface area contributed by atoms with Crippen molar-refractivity contribution in [3.8, 4) is 0 Å². The molecule has 0 aliphatic carbocycles. The van der Waals surface area contributed by atoms with Crippen molar-refractivity contribution in [2.45, 2.75) is 20.0 Å². The van der Waals surface area contributed by atoms with Crippen LogP contribution in [-0.2, 0) is 0 Å². The van der Waals surface area contributed by atoms with Crippen molar-refractivity contribution in [2.75, 3.05) is 5.32 Å². The number of aryl methyl sites for hydroxylation is 2. The number of anilines is 1. The predicted molar refractivity (Wildman–Crippen MR) is 81.2 cm³/mol. The van der Waals surface area contributed by atoms with Crippen molar-refractivity contribution in [2.24, 2.45) is 0 Å². The van der Waals surface area contributed by atoms with Crippen LogP contribution < -0.4 is 10.6 Å². The Morgan fingerprint density at radius 2 is 1.90 bits per heavy atom. The highest BCUT2D eigenvalue weighted by molar-refractivity contribution is 6.34. The van der Waals surface area contributed by atoms with E-state index in [2.05, 4.69) is 28.8 Å². The van der Waals surface area contributed by atoms with Crippen molar-refractivity contribution in [1.82, 2.24) is 5.32 Å². The Morgan fingerprint density at radius 1 is 1.10 bits per heavy atom. The number of benzene rings is 2. The third-order valence-electron chi connectivity index (χ3n) is 3.56. The number of nitrogens with one attached hydrogen (secondary N) is 2. The van der Waals surface area contributed by atoms with Crippen molar-refractivity contribution in [3.05, 3.63) is 63.7 Å². The van der Waals surface area contributed by atoms with Crippen molar-refractivity contribution >= 4 is 23.2 Å². The Labute approximate surface area is 123 Å². The van der Waals surface area contributed by atoms with Crippen LogP contribution in [0.25, 0.3) is 0 Å². The Bertz CT molecular complexity index is 697. The van der Waals surface area contributed by atoms with E-state index in [1.54, 1.807) is 6.07 Å². The zero-order valence-electron chi connectivity index (χ0n) is 11.3. The number of fused-ring (bicyclic) bond motifs is 1. The second kappa shape index (κ2) is 4.84. The Morgan fingerprint density at radius 3 is 2.70 bits per heavy atom. The minimum atomic E-state index is -0.228. The summed E-state index contributed by atoms with van der Waals surface area (Å²) in [4.78, 5) is 12.3. The predicted octanol–water partition coefficient (Wildman–Crippen LogP) is 3.81. The van der Waals surface area contributed by atoms with E-state index in [4.69, 9.17) is 11.6 Å². The maximum atomic E-state index is 12.3. The molecular weight excluding hydrogens is 272 g/mol. The summed E-state index contributed by atoms with van der Waals surface area (Å²) in [6.45, 7) is 4.08. The highest BCUT2D eigenvalue weighted by Crippen LogP contribution is 2.32. The summed E-state index contributed by atoms with van der Waals surface area (Å²) in [6, 6.07) is 11.6. The minimum Gasteiger partial charge on any atom is -0.361 e. The topological polar surface area (TPSA) is 41.1 Å². The van der Waals surface area contributed by atoms with Crippen LogP contribution in [0, 0.1) is 13.8 Å². The number of carbonyl (C=O) groups is 1. The molecule has 2 aromatic rings. The van der Waals surface area contributed by atoms with Crippen LogP contribution in [0.5, 0.6) is 0 Å². The van der Waals surface area contributed by atoms with E-state index < -0.39 is 0 Å². The first kappa shape index (κ1) is 13.0. The summed E-state index contributed by atoms with van der Waals surface area (Å²) in [5.74, 6) is -0.143. The molecule has 0 radical (unpaired) electrons. The van der Waals surface area contributed by atoms with Gasteiger partial charge in [0.05, 0.1) is 16.3 Å². The molecule has 0 saturated carbocycles. The lowest BCUT2D eigenvalue weighted by molar-refractivity contribution is 0.0936. The molecule has 102 valence electrons. The van der Waals surface area contributed by atoms with Crippen LogP contribution in [0.3, 0.4) is 0 Å². The van der Waals surface area contributed by atoms with Crippen LogP contribution in [0.15, 0.2) is 36.4 Å². The third kappa shape index (κ3) is 2.14. The third-order valence-corrected chi connectivity index (χ3v) is 3.88. The minimum absolute atomic E-state index is 0.143. The van der Waals surface area contributed by atoms with Crippen LogP contribution in [0.1, 0.15) is 33.2 Å². The maximum absolute atomic E-state index is 12.3. The number of carbonyl (C=O) groups excluding carboxylic acids is 1. The van der Waals surface area contributed by atoms with Gasteiger partial charge >= 0.3 is 0 Å². The van der Waals surface area contributed by atoms with Crippen LogP contribution in [0.2, 0.25) is 5.02 Å². The lowest BCUT2D eigenvalue weighted by Gasteiger charge is -2.29. The van der Waals surface area contributed by atoms with Crippen LogP contribution in [-0.4, -0.2) is 5.91 Å². The molecule has 4 heteroatoms. The maximum Gasteiger partial charge on any atom is 0.256 e. The molecule has 1 atom stereocenters. The fourth-order valence-corrected chi connectivity index (χ4v) is 2.76. The zero-order valence-corrected chi connectivity index (χ0v) is 12.1. The molecule has 1 heterocycles. The summed E-state index contributed by atoms with van der Waals surface area (Å²) in [5, 5.41) is 6.76. The van der Waals surface area contributed by atoms with E-state index in [9.17, 15) is 4.79 Å². The largest absolute Gasteiger partial charge is 0.361 e.